The number of rotatable bonds is 3. The lowest BCUT2D eigenvalue weighted by Crippen LogP contribution is -2.61. The molecule has 6 nitrogen and oxygen atoms in total. The highest BCUT2D eigenvalue weighted by Crippen LogP contribution is 2.20. The van der Waals surface area contributed by atoms with Gasteiger partial charge in [-0.25, -0.2) is 9.37 Å². The third kappa shape index (κ3) is 1.95. The van der Waals surface area contributed by atoms with E-state index in [-0.39, 0.29) is 11.9 Å². The SMILES string of the molecule is CN1C(=O)C2C(=NC(Br)=[N+]2CCCCl)N(C)C1=O. The van der Waals surface area contributed by atoms with Crippen molar-refractivity contribution in [3.63, 3.8) is 0 Å². The molecule has 0 aromatic heterocycles. The van der Waals surface area contributed by atoms with Crippen molar-refractivity contribution in [2.45, 2.75) is 12.5 Å². The molecule has 2 rings (SSSR count). The summed E-state index contributed by atoms with van der Waals surface area (Å²) in [4.78, 5) is 30.7. The van der Waals surface area contributed by atoms with Gasteiger partial charge in [0.1, 0.15) is 0 Å². The van der Waals surface area contributed by atoms with E-state index >= 15 is 0 Å². The molecule has 1 saturated heterocycles. The third-order valence-electron chi connectivity index (χ3n) is 3.01. The lowest BCUT2D eigenvalue weighted by Gasteiger charge is -2.30. The maximum atomic E-state index is 12.2. The Bertz CT molecular complexity index is 476. The number of imide groups is 1. The van der Waals surface area contributed by atoms with Crippen LogP contribution < -0.4 is 0 Å². The fourth-order valence-electron chi connectivity index (χ4n) is 2.02. The summed E-state index contributed by atoms with van der Waals surface area (Å²) < 4.78 is 2.38. The van der Waals surface area contributed by atoms with Gasteiger partial charge in [0.25, 0.3) is 17.8 Å². The molecule has 1 fully saturated rings. The normalized spacial score (nSPS) is 23.8. The number of hydrogen-bond donors (Lipinski definition) is 0. The minimum atomic E-state index is -0.532. The second-order valence-electron chi connectivity index (χ2n) is 4.12. The Morgan fingerprint density at radius 1 is 1.39 bits per heavy atom. The monoisotopic (exact) mass is 335 g/mol. The summed E-state index contributed by atoms with van der Waals surface area (Å²) in [5, 5.41) is 0. The van der Waals surface area contributed by atoms with Gasteiger partial charge in [-0.15, -0.1) is 11.6 Å². The molecule has 0 saturated carbocycles. The number of amidine groups is 2. The van der Waals surface area contributed by atoms with Crippen LogP contribution in [0.4, 0.5) is 4.79 Å². The van der Waals surface area contributed by atoms with Crippen molar-refractivity contribution in [2.24, 2.45) is 4.99 Å². The Labute approximate surface area is 118 Å². The lowest BCUT2D eigenvalue weighted by atomic mass is 10.1. The first-order valence-corrected chi connectivity index (χ1v) is 6.80. The molecule has 2 heterocycles. The van der Waals surface area contributed by atoms with Crippen molar-refractivity contribution in [1.82, 2.24) is 9.80 Å². The molecule has 0 radical (unpaired) electrons. The van der Waals surface area contributed by atoms with E-state index in [4.69, 9.17) is 11.6 Å². The molecular formula is C10H13BrClN4O2+. The number of hydrogen-bond acceptors (Lipinski definition) is 3. The first kappa shape index (κ1) is 13.5. The smallest absolute Gasteiger partial charge is 0.269 e. The highest BCUT2D eigenvalue weighted by molar-refractivity contribution is 9.18. The zero-order valence-electron chi connectivity index (χ0n) is 10.1. The number of carbonyl (C=O) groups excluding carboxylic acids is 2. The van der Waals surface area contributed by atoms with Gasteiger partial charge in [-0.05, 0) is 11.4 Å². The Kier molecular flexibility index (Phi) is 3.72. The van der Waals surface area contributed by atoms with Crippen LogP contribution in [0.2, 0.25) is 0 Å². The molecule has 1 unspecified atom stereocenters. The highest BCUT2D eigenvalue weighted by Gasteiger charge is 2.52. The number of halogens is 2. The van der Waals surface area contributed by atoms with Crippen molar-refractivity contribution in [3.05, 3.63) is 0 Å². The van der Waals surface area contributed by atoms with Crippen LogP contribution in [-0.2, 0) is 4.79 Å². The van der Waals surface area contributed by atoms with E-state index < -0.39 is 6.04 Å². The molecule has 2 aliphatic heterocycles. The van der Waals surface area contributed by atoms with Gasteiger partial charge in [-0.3, -0.25) is 14.6 Å². The number of likely N-dealkylation sites (N-methyl/N-ethyl adjacent to an activating group) is 2. The number of urea groups is 1. The van der Waals surface area contributed by atoms with E-state index in [2.05, 4.69) is 20.9 Å². The van der Waals surface area contributed by atoms with Crippen LogP contribution in [0.1, 0.15) is 6.42 Å². The summed E-state index contributed by atoms with van der Waals surface area (Å²) >= 11 is 8.99. The van der Waals surface area contributed by atoms with Gasteiger partial charge in [-0.2, -0.15) is 0 Å². The summed E-state index contributed by atoms with van der Waals surface area (Å²) in [6.45, 7) is 0.614. The van der Waals surface area contributed by atoms with Crippen molar-refractivity contribution >= 4 is 50.0 Å². The van der Waals surface area contributed by atoms with Crippen LogP contribution >= 0.6 is 27.5 Å². The zero-order chi connectivity index (χ0) is 13.4. The molecular weight excluding hydrogens is 323 g/mol. The predicted molar refractivity (Wildman–Crippen MR) is 71.6 cm³/mol. The van der Waals surface area contributed by atoms with Gasteiger partial charge in [0.05, 0.1) is 22.5 Å². The number of carbonyl (C=O) groups is 2. The molecule has 0 aromatic rings. The summed E-state index contributed by atoms with van der Waals surface area (Å²) in [5.41, 5.74) is 0. The molecule has 98 valence electrons. The average Bonchev–Trinajstić information content (AvgIpc) is 2.68. The van der Waals surface area contributed by atoms with Crippen LogP contribution in [0.3, 0.4) is 0 Å². The van der Waals surface area contributed by atoms with E-state index in [1.165, 1.54) is 11.9 Å². The summed E-state index contributed by atoms with van der Waals surface area (Å²) in [7, 11) is 3.09. The van der Waals surface area contributed by atoms with Crippen molar-refractivity contribution in [1.29, 1.82) is 0 Å². The zero-order valence-corrected chi connectivity index (χ0v) is 12.4. The average molecular weight is 337 g/mol. The summed E-state index contributed by atoms with van der Waals surface area (Å²) in [6, 6.07) is -0.898. The van der Waals surface area contributed by atoms with Gasteiger partial charge in [0, 0.05) is 20.0 Å². The molecule has 1 atom stereocenters. The van der Waals surface area contributed by atoms with E-state index in [9.17, 15) is 9.59 Å². The van der Waals surface area contributed by atoms with Crippen LogP contribution in [-0.4, -0.2) is 69.5 Å². The fraction of sp³-hybridized carbons (Fsp3) is 0.600. The topological polar surface area (TPSA) is 56.0 Å². The standard InChI is InChI=1S/C10H13BrClN4O2/c1-14-7-6(8(17)15(2)10(14)18)16(5-3-4-12)9(11)13-7/h6H,3-5H2,1-2H3/q+1. The molecule has 0 N–H and O–H groups in total. The molecule has 18 heavy (non-hydrogen) atoms. The predicted octanol–water partition coefficient (Wildman–Crippen LogP) is 0.683. The van der Waals surface area contributed by atoms with Crippen molar-refractivity contribution in [2.75, 3.05) is 26.5 Å². The third-order valence-corrected chi connectivity index (χ3v) is 3.91. The number of fused-ring (bicyclic) bond motifs is 1. The molecule has 0 spiro atoms. The first-order chi connectivity index (χ1) is 8.49. The lowest BCUT2D eigenvalue weighted by molar-refractivity contribution is -0.532. The van der Waals surface area contributed by atoms with Gasteiger partial charge < -0.3 is 0 Å². The highest BCUT2D eigenvalue weighted by atomic mass is 79.9. The molecule has 8 heteroatoms. The first-order valence-electron chi connectivity index (χ1n) is 5.48. The molecule has 3 amide bonds. The van der Waals surface area contributed by atoms with E-state index in [1.54, 1.807) is 7.05 Å². The van der Waals surface area contributed by atoms with Crippen LogP contribution in [0.15, 0.2) is 4.99 Å². The Balaban J connectivity index is 2.33. The largest absolute Gasteiger partial charge is 0.364 e. The second-order valence-corrected chi connectivity index (χ2v) is 5.20. The van der Waals surface area contributed by atoms with Gasteiger partial charge >= 0.3 is 10.8 Å². The number of aliphatic imine (C=N–C) groups is 1. The van der Waals surface area contributed by atoms with Crippen molar-refractivity contribution < 1.29 is 14.2 Å². The maximum Gasteiger partial charge on any atom is 0.364 e. The van der Waals surface area contributed by atoms with E-state index in [1.807, 2.05) is 4.58 Å². The Hall–Kier alpha value is -0.950. The molecule has 2 aliphatic rings. The summed E-state index contributed by atoms with van der Waals surface area (Å²) in [6.07, 6.45) is 0.741. The maximum absolute atomic E-state index is 12.2. The van der Waals surface area contributed by atoms with Gasteiger partial charge in [-0.1, -0.05) is 0 Å². The fourth-order valence-corrected chi connectivity index (χ4v) is 2.70. The summed E-state index contributed by atoms with van der Waals surface area (Å²) in [5.74, 6) is 0.711. The second kappa shape index (κ2) is 4.97. The minimum Gasteiger partial charge on any atom is -0.269 e. The Morgan fingerprint density at radius 2 is 2.06 bits per heavy atom. The number of amides is 3. The van der Waals surface area contributed by atoms with Crippen LogP contribution in [0.25, 0.3) is 0 Å². The number of nitrogens with zero attached hydrogens (tertiary/aromatic N) is 4. The van der Waals surface area contributed by atoms with E-state index in [0.29, 0.717) is 23.0 Å². The van der Waals surface area contributed by atoms with Crippen LogP contribution in [0, 0.1) is 0 Å². The molecule has 0 aromatic carbocycles. The minimum absolute atomic E-state index is 0.263. The van der Waals surface area contributed by atoms with Gasteiger partial charge in [0.2, 0.25) is 0 Å². The molecule has 0 bridgehead atoms. The quantitative estimate of drug-likeness (QED) is 0.432. The van der Waals surface area contributed by atoms with Crippen molar-refractivity contribution in [3.8, 4) is 0 Å². The van der Waals surface area contributed by atoms with Crippen LogP contribution in [0.5, 0.6) is 0 Å². The Morgan fingerprint density at radius 3 is 2.67 bits per heavy atom. The van der Waals surface area contributed by atoms with Gasteiger partial charge in [0.15, 0.2) is 0 Å². The molecule has 0 aliphatic carbocycles. The number of alkyl halides is 1. The van der Waals surface area contributed by atoms with E-state index in [0.717, 1.165) is 11.3 Å².